The van der Waals surface area contributed by atoms with Crippen LogP contribution >= 0.6 is 0 Å². The van der Waals surface area contributed by atoms with Crippen molar-refractivity contribution in [2.45, 2.75) is 13.0 Å². The van der Waals surface area contributed by atoms with Gasteiger partial charge in [0.25, 0.3) is 5.91 Å². The van der Waals surface area contributed by atoms with Crippen molar-refractivity contribution in [3.05, 3.63) is 36.9 Å². The highest BCUT2D eigenvalue weighted by atomic mass is 16.5. The molecule has 0 spiro atoms. The quantitative estimate of drug-likeness (QED) is 0.489. The topological polar surface area (TPSA) is 125 Å². The van der Waals surface area contributed by atoms with E-state index < -0.39 is 5.97 Å². The van der Waals surface area contributed by atoms with E-state index >= 15 is 0 Å². The highest BCUT2D eigenvalue weighted by molar-refractivity contribution is 6.01. The minimum atomic E-state index is -0.480. The Bertz CT molecular complexity index is 1030. The summed E-state index contributed by atoms with van der Waals surface area (Å²) in [6.45, 7) is 0.513. The Morgan fingerprint density at radius 3 is 3.00 bits per heavy atom. The Morgan fingerprint density at radius 1 is 1.25 bits per heavy atom. The third kappa shape index (κ3) is 3.43. The second-order valence-corrected chi connectivity index (χ2v) is 6.18. The van der Waals surface area contributed by atoms with Gasteiger partial charge in [0, 0.05) is 6.54 Å². The summed E-state index contributed by atoms with van der Waals surface area (Å²) in [6, 6.07) is 7.08. The van der Waals surface area contributed by atoms with Crippen molar-refractivity contribution in [3.63, 3.8) is 0 Å². The van der Waals surface area contributed by atoms with Gasteiger partial charge in [0.2, 0.25) is 0 Å². The molecule has 0 atom stereocenters. The minimum Gasteiger partial charge on any atom is -0.482 e. The molecule has 2 N–H and O–H groups in total. The Kier molecular flexibility index (Phi) is 4.75. The molecule has 3 heterocycles. The number of anilines is 2. The molecule has 10 heteroatoms. The van der Waals surface area contributed by atoms with Crippen molar-refractivity contribution < 1.29 is 19.1 Å². The summed E-state index contributed by atoms with van der Waals surface area (Å²) in [5.41, 5.74) is 7.51. The Balaban J connectivity index is 1.30. The summed E-state index contributed by atoms with van der Waals surface area (Å²) in [6.07, 6.45) is 3.57. The van der Waals surface area contributed by atoms with Gasteiger partial charge in [-0.2, -0.15) is 0 Å². The smallest absolute Gasteiger partial charge is 0.326 e. The van der Waals surface area contributed by atoms with Crippen molar-refractivity contribution in [2.24, 2.45) is 0 Å². The molecule has 0 aliphatic carbocycles. The van der Waals surface area contributed by atoms with Gasteiger partial charge in [-0.05, 0) is 18.6 Å². The molecule has 1 aliphatic rings. The SMILES string of the molecule is Nc1ncnc2c1ncn2CCCOC(=O)CN1C(=O)COc2ccccc21. The summed E-state index contributed by atoms with van der Waals surface area (Å²) in [4.78, 5) is 37.9. The molecule has 1 aromatic carbocycles. The molecule has 3 aromatic rings. The first-order chi connectivity index (χ1) is 13.6. The second kappa shape index (κ2) is 7.51. The van der Waals surface area contributed by atoms with Crippen LogP contribution in [0.25, 0.3) is 11.2 Å². The van der Waals surface area contributed by atoms with Gasteiger partial charge in [-0.15, -0.1) is 0 Å². The lowest BCUT2D eigenvalue weighted by Gasteiger charge is -2.28. The average Bonchev–Trinajstić information content (AvgIpc) is 3.12. The lowest BCUT2D eigenvalue weighted by molar-refractivity contribution is -0.143. The normalized spacial score (nSPS) is 13.3. The number of fused-ring (bicyclic) bond motifs is 2. The van der Waals surface area contributed by atoms with Gasteiger partial charge in [-0.3, -0.25) is 14.5 Å². The van der Waals surface area contributed by atoms with Gasteiger partial charge in [0.05, 0.1) is 18.6 Å². The van der Waals surface area contributed by atoms with Gasteiger partial charge in [-0.1, -0.05) is 12.1 Å². The highest BCUT2D eigenvalue weighted by Gasteiger charge is 2.27. The lowest BCUT2D eigenvalue weighted by Crippen LogP contribution is -2.42. The number of ether oxygens (including phenoxy) is 2. The van der Waals surface area contributed by atoms with Gasteiger partial charge in [0.15, 0.2) is 18.1 Å². The van der Waals surface area contributed by atoms with Crippen LogP contribution in [-0.4, -0.2) is 51.2 Å². The summed E-state index contributed by atoms with van der Waals surface area (Å²) >= 11 is 0. The largest absolute Gasteiger partial charge is 0.482 e. The third-order valence-corrected chi connectivity index (χ3v) is 4.33. The maximum atomic E-state index is 12.2. The predicted octanol–water partition coefficient (Wildman–Crippen LogP) is 0.767. The van der Waals surface area contributed by atoms with Gasteiger partial charge < -0.3 is 19.8 Å². The first kappa shape index (κ1) is 17.7. The number of rotatable bonds is 6. The molecule has 0 fully saturated rings. The summed E-state index contributed by atoms with van der Waals surface area (Å²) < 4.78 is 12.5. The van der Waals surface area contributed by atoms with Gasteiger partial charge in [0.1, 0.15) is 24.1 Å². The predicted molar refractivity (Wildman–Crippen MR) is 99.6 cm³/mol. The molecule has 1 aliphatic heterocycles. The zero-order valence-corrected chi connectivity index (χ0v) is 14.9. The maximum Gasteiger partial charge on any atom is 0.326 e. The molecule has 0 unspecified atom stereocenters. The van der Waals surface area contributed by atoms with Crippen LogP contribution in [0.3, 0.4) is 0 Å². The Labute approximate surface area is 159 Å². The van der Waals surface area contributed by atoms with Crippen LogP contribution in [0.4, 0.5) is 11.5 Å². The van der Waals surface area contributed by atoms with E-state index in [1.165, 1.54) is 11.2 Å². The van der Waals surface area contributed by atoms with E-state index in [9.17, 15) is 9.59 Å². The number of nitrogen functional groups attached to an aromatic ring is 1. The minimum absolute atomic E-state index is 0.0943. The number of imidazole rings is 1. The number of nitrogens with two attached hydrogens (primary N) is 1. The zero-order valence-electron chi connectivity index (χ0n) is 14.9. The van der Waals surface area contributed by atoms with Crippen LogP contribution in [0.1, 0.15) is 6.42 Å². The number of carbonyl (C=O) groups excluding carboxylic acids is 2. The lowest BCUT2D eigenvalue weighted by atomic mass is 10.2. The molecule has 1 amide bonds. The Hall–Kier alpha value is -3.69. The first-order valence-electron chi connectivity index (χ1n) is 8.72. The van der Waals surface area contributed by atoms with Crippen LogP contribution in [-0.2, 0) is 20.9 Å². The molecule has 10 nitrogen and oxygen atoms in total. The van der Waals surface area contributed by atoms with Gasteiger partial charge >= 0.3 is 5.97 Å². The molecular formula is C18H18N6O4. The van der Waals surface area contributed by atoms with Crippen molar-refractivity contribution >= 4 is 34.5 Å². The molecule has 0 saturated heterocycles. The fourth-order valence-corrected chi connectivity index (χ4v) is 2.99. The number of benzene rings is 1. The first-order valence-corrected chi connectivity index (χ1v) is 8.72. The van der Waals surface area contributed by atoms with Crippen LogP contribution in [0.2, 0.25) is 0 Å². The van der Waals surface area contributed by atoms with E-state index in [-0.39, 0.29) is 25.7 Å². The molecule has 2 aromatic heterocycles. The average molecular weight is 382 g/mol. The van der Waals surface area contributed by atoms with E-state index in [0.717, 1.165) is 0 Å². The fraction of sp³-hybridized carbons (Fsp3) is 0.278. The summed E-state index contributed by atoms with van der Waals surface area (Å²) in [5, 5.41) is 0. The number of nitrogens with zero attached hydrogens (tertiary/aromatic N) is 5. The second-order valence-electron chi connectivity index (χ2n) is 6.18. The molecule has 0 saturated carbocycles. The number of carbonyl (C=O) groups is 2. The number of aromatic nitrogens is 4. The molecule has 144 valence electrons. The number of hydrogen-bond acceptors (Lipinski definition) is 8. The third-order valence-electron chi connectivity index (χ3n) is 4.33. The maximum absolute atomic E-state index is 12.2. The molecule has 28 heavy (non-hydrogen) atoms. The number of amides is 1. The molecule has 0 bridgehead atoms. The van der Waals surface area contributed by atoms with E-state index in [2.05, 4.69) is 15.0 Å². The van der Waals surface area contributed by atoms with Crippen LogP contribution < -0.4 is 15.4 Å². The Morgan fingerprint density at radius 2 is 2.11 bits per heavy atom. The highest BCUT2D eigenvalue weighted by Crippen LogP contribution is 2.31. The molecule has 4 rings (SSSR count). The van der Waals surface area contributed by atoms with Crippen molar-refractivity contribution in [1.82, 2.24) is 19.5 Å². The number of aryl methyl sites for hydroxylation is 1. The van der Waals surface area contributed by atoms with Crippen LogP contribution in [0.15, 0.2) is 36.9 Å². The van der Waals surface area contributed by atoms with E-state index in [4.69, 9.17) is 15.2 Å². The molecular weight excluding hydrogens is 364 g/mol. The van der Waals surface area contributed by atoms with Crippen LogP contribution in [0, 0.1) is 0 Å². The summed E-state index contributed by atoms with van der Waals surface area (Å²) in [7, 11) is 0. The summed E-state index contributed by atoms with van der Waals surface area (Å²) in [5.74, 6) is 0.138. The van der Waals surface area contributed by atoms with E-state index in [1.807, 2.05) is 10.6 Å². The van der Waals surface area contributed by atoms with E-state index in [1.54, 1.807) is 24.5 Å². The van der Waals surface area contributed by atoms with Crippen molar-refractivity contribution in [3.8, 4) is 5.75 Å². The number of hydrogen-bond donors (Lipinski definition) is 1. The molecule has 0 radical (unpaired) electrons. The fourth-order valence-electron chi connectivity index (χ4n) is 2.99. The standard InChI is InChI=1S/C18H18N6O4/c19-17-16-18(21-10-20-17)23(11-22-16)6-3-7-27-15(26)8-24-12-4-1-2-5-13(12)28-9-14(24)25/h1-2,4-5,10-11H,3,6-9H2,(H2,19,20,21). The van der Waals surface area contributed by atoms with Crippen molar-refractivity contribution in [1.29, 1.82) is 0 Å². The van der Waals surface area contributed by atoms with Crippen molar-refractivity contribution in [2.75, 3.05) is 30.4 Å². The van der Waals surface area contributed by atoms with Crippen LogP contribution in [0.5, 0.6) is 5.75 Å². The number of para-hydroxylation sites is 2. The zero-order chi connectivity index (χ0) is 19.5. The van der Waals surface area contributed by atoms with E-state index in [0.29, 0.717) is 41.4 Å². The van der Waals surface area contributed by atoms with Gasteiger partial charge in [-0.25, -0.2) is 15.0 Å². The number of esters is 1. The monoisotopic (exact) mass is 382 g/mol.